The van der Waals surface area contributed by atoms with Gasteiger partial charge in [0.05, 0.1) is 38.9 Å². The lowest BCUT2D eigenvalue weighted by Crippen LogP contribution is -2.23. The molecule has 0 bridgehead atoms. The lowest BCUT2D eigenvalue weighted by molar-refractivity contribution is 0.0943. The molecule has 2 heterocycles. The van der Waals surface area contributed by atoms with Crippen molar-refractivity contribution in [3.63, 3.8) is 0 Å². The molecular weight excluding hydrogens is 358 g/mol. The molecule has 1 aromatic carbocycles. The maximum absolute atomic E-state index is 12.1. The van der Waals surface area contributed by atoms with Crippen molar-refractivity contribution in [2.24, 2.45) is 0 Å². The highest BCUT2D eigenvalue weighted by atomic mass is 16.5. The number of benzene rings is 1. The highest BCUT2D eigenvalue weighted by Gasteiger charge is 2.08. The number of ether oxygens (including phenoxy) is 2. The smallest absolute Gasteiger partial charge is 0.270 e. The lowest BCUT2D eigenvalue weighted by atomic mass is 10.1. The molecule has 0 saturated heterocycles. The molecule has 0 spiro atoms. The fraction of sp³-hybridized carbons (Fsp3) is 0.238. The summed E-state index contributed by atoms with van der Waals surface area (Å²) in [7, 11) is 3.24. The molecule has 2 aromatic heterocycles. The van der Waals surface area contributed by atoms with Gasteiger partial charge in [0.1, 0.15) is 11.5 Å². The third-order valence-corrected chi connectivity index (χ3v) is 4.19. The van der Waals surface area contributed by atoms with E-state index < -0.39 is 0 Å². The fourth-order valence-corrected chi connectivity index (χ4v) is 2.69. The Morgan fingerprint density at radius 3 is 2.64 bits per heavy atom. The number of pyridine rings is 1. The first-order valence-electron chi connectivity index (χ1n) is 8.91. The first-order valence-corrected chi connectivity index (χ1v) is 8.91. The van der Waals surface area contributed by atoms with Crippen LogP contribution in [0.4, 0.5) is 5.69 Å². The quantitative estimate of drug-likeness (QED) is 0.592. The Hall–Kier alpha value is -3.48. The van der Waals surface area contributed by atoms with Gasteiger partial charge in [-0.1, -0.05) is 6.07 Å². The summed E-state index contributed by atoms with van der Waals surface area (Å²) >= 11 is 0. The molecule has 0 aliphatic rings. The summed E-state index contributed by atoms with van der Waals surface area (Å²) in [6, 6.07) is 13.0. The average Bonchev–Trinajstić information content (AvgIpc) is 3.26. The molecule has 0 saturated carbocycles. The van der Waals surface area contributed by atoms with E-state index in [0.29, 0.717) is 29.5 Å². The predicted molar refractivity (Wildman–Crippen MR) is 106 cm³/mol. The van der Waals surface area contributed by atoms with Crippen LogP contribution in [0.5, 0.6) is 11.5 Å². The van der Waals surface area contributed by atoms with Crippen molar-refractivity contribution in [2.75, 3.05) is 26.1 Å². The van der Waals surface area contributed by atoms with E-state index in [-0.39, 0.29) is 5.91 Å². The molecule has 7 nitrogen and oxygen atoms in total. The maximum Gasteiger partial charge on any atom is 0.270 e. The number of nitrogens with one attached hydrogen (secondary N) is 2. The van der Waals surface area contributed by atoms with E-state index in [2.05, 4.69) is 15.6 Å². The van der Waals surface area contributed by atoms with Crippen LogP contribution in [0, 0.1) is 0 Å². The SMILES string of the molecule is COc1ccc(CCNc2ccc(C(=O)NCc3ccco3)nc2)cc1OC. The van der Waals surface area contributed by atoms with E-state index in [9.17, 15) is 4.79 Å². The molecule has 3 aromatic rings. The van der Waals surface area contributed by atoms with E-state index >= 15 is 0 Å². The van der Waals surface area contributed by atoms with Crippen LogP contribution in [0.1, 0.15) is 21.8 Å². The molecular formula is C21H23N3O4. The van der Waals surface area contributed by atoms with Crippen LogP contribution in [0.25, 0.3) is 0 Å². The Balaban J connectivity index is 1.48. The van der Waals surface area contributed by atoms with Gasteiger partial charge in [0, 0.05) is 6.54 Å². The van der Waals surface area contributed by atoms with Gasteiger partial charge in [-0.05, 0) is 48.4 Å². The van der Waals surface area contributed by atoms with Gasteiger partial charge >= 0.3 is 0 Å². The van der Waals surface area contributed by atoms with Crippen LogP contribution >= 0.6 is 0 Å². The fourth-order valence-electron chi connectivity index (χ4n) is 2.69. The number of hydrogen-bond acceptors (Lipinski definition) is 6. The predicted octanol–water partition coefficient (Wildman–Crippen LogP) is 3.28. The van der Waals surface area contributed by atoms with Gasteiger partial charge in [0.15, 0.2) is 11.5 Å². The lowest BCUT2D eigenvalue weighted by Gasteiger charge is -2.10. The Morgan fingerprint density at radius 1 is 1.11 bits per heavy atom. The molecule has 0 fully saturated rings. The molecule has 7 heteroatoms. The minimum Gasteiger partial charge on any atom is -0.493 e. The number of amides is 1. The van der Waals surface area contributed by atoms with Crippen LogP contribution in [-0.2, 0) is 13.0 Å². The number of rotatable bonds is 9. The van der Waals surface area contributed by atoms with Crippen LogP contribution in [-0.4, -0.2) is 31.7 Å². The summed E-state index contributed by atoms with van der Waals surface area (Å²) in [4.78, 5) is 16.3. The average molecular weight is 381 g/mol. The number of carbonyl (C=O) groups excluding carboxylic acids is 1. The van der Waals surface area contributed by atoms with E-state index in [1.54, 1.807) is 44.9 Å². The van der Waals surface area contributed by atoms with Crippen LogP contribution in [0.15, 0.2) is 59.3 Å². The molecule has 0 aliphatic heterocycles. The summed E-state index contributed by atoms with van der Waals surface area (Å²) in [5, 5.41) is 6.07. The minimum atomic E-state index is -0.242. The second-order valence-electron chi connectivity index (χ2n) is 6.06. The molecule has 0 radical (unpaired) electrons. The zero-order valence-electron chi connectivity index (χ0n) is 15.9. The third kappa shape index (κ3) is 5.03. The standard InChI is InChI=1S/C21H23N3O4/c1-26-19-8-5-15(12-20(19)27-2)9-10-22-16-6-7-18(23-13-16)21(25)24-14-17-4-3-11-28-17/h3-8,11-13,22H,9-10,14H2,1-2H3,(H,24,25). The largest absolute Gasteiger partial charge is 0.493 e. The first kappa shape index (κ1) is 19.3. The summed E-state index contributed by atoms with van der Waals surface area (Å²) < 4.78 is 15.8. The Kier molecular flexibility index (Phi) is 6.51. The Bertz CT molecular complexity index is 893. The highest BCUT2D eigenvalue weighted by molar-refractivity contribution is 5.92. The summed E-state index contributed by atoms with van der Waals surface area (Å²) in [5.74, 6) is 1.88. The van der Waals surface area contributed by atoms with Gasteiger partial charge in [0.25, 0.3) is 5.91 Å². The highest BCUT2D eigenvalue weighted by Crippen LogP contribution is 2.27. The summed E-state index contributed by atoms with van der Waals surface area (Å²) in [5.41, 5.74) is 2.34. The van der Waals surface area contributed by atoms with Crippen molar-refractivity contribution in [1.82, 2.24) is 10.3 Å². The number of furan rings is 1. The van der Waals surface area contributed by atoms with Crippen LogP contribution in [0.3, 0.4) is 0 Å². The van der Waals surface area contributed by atoms with Crippen molar-refractivity contribution >= 4 is 11.6 Å². The van der Waals surface area contributed by atoms with Crippen LogP contribution in [0.2, 0.25) is 0 Å². The molecule has 0 atom stereocenters. The van der Waals surface area contributed by atoms with Crippen molar-refractivity contribution in [2.45, 2.75) is 13.0 Å². The second-order valence-corrected chi connectivity index (χ2v) is 6.06. The Labute approximate surface area is 163 Å². The summed E-state index contributed by atoms with van der Waals surface area (Å²) in [6.07, 6.45) is 4.03. The van der Waals surface area contributed by atoms with Gasteiger partial charge < -0.3 is 24.5 Å². The maximum atomic E-state index is 12.1. The van der Waals surface area contributed by atoms with E-state index in [1.807, 2.05) is 24.3 Å². The van der Waals surface area contributed by atoms with Crippen molar-refractivity contribution in [3.05, 3.63) is 71.9 Å². The zero-order chi connectivity index (χ0) is 19.8. The van der Waals surface area contributed by atoms with Crippen molar-refractivity contribution in [3.8, 4) is 11.5 Å². The number of hydrogen-bond donors (Lipinski definition) is 2. The molecule has 28 heavy (non-hydrogen) atoms. The molecule has 2 N–H and O–H groups in total. The molecule has 0 unspecified atom stereocenters. The molecule has 146 valence electrons. The zero-order valence-corrected chi connectivity index (χ0v) is 15.9. The topological polar surface area (TPSA) is 85.6 Å². The first-order chi connectivity index (χ1) is 13.7. The monoisotopic (exact) mass is 381 g/mol. The van der Waals surface area contributed by atoms with Gasteiger partial charge in [-0.25, -0.2) is 4.98 Å². The number of aromatic nitrogens is 1. The Morgan fingerprint density at radius 2 is 1.96 bits per heavy atom. The summed E-state index contributed by atoms with van der Waals surface area (Å²) in [6.45, 7) is 1.06. The van der Waals surface area contributed by atoms with E-state index in [4.69, 9.17) is 13.9 Å². The molecule has 0 aliphatic carbocycles. The number of nitrogens with zero attached hydrogens (tertiary/aromatic N) is 1. The van der Waals surface area contributed by atoms with E-state index in [1.165, 1.54) is 0 Å². The van der Waals surface area contributed by atoms with E-state index in [0.717, 1.165) is 24.2 Å². The number of anilines is 1. The minimum absolute atomic E-state index is 0.242. The molecule has 3 rings (SSSR count). The van der Waals surface area contributed by atoms with Gasteiger partial charge in [0.2, 0.25) is 0 Å². The second kappa shape index (κ2) is 9.45. The number of methoxy groups -OCH3 is 2. The normalized spacial score (nSPS) is 10.4. The van der Waals surface area contributed by atoms with Gasteiger partial charge in [-0.15, -0.1) is 0 Å². The third-order valence-electron chi connectivity index (χ3n) is 4.19. The number of carbonyl (C=O) groups is 1. The van der Waals surface area contributed by atoms with Gasteiger partial charge in [-0.2, -0.15) is 0 Å². The van der Waals surface area contributed by atoms with Crippen molar-refractivity contribution in [1.29, 1.82) is 0 Å². The van der Waals surface area contributed by atoms with Gasteiger partial charge in [-0.3, -0.25) is 4.79 Å². The van der Waals surface area contributed by atoms with Crippen LogP contribution < -0.4 is 20.1 Å². The van der Waals surface area contributed by atoms with Crippen molar-refractivity contribution < 1.29 is 18.7 Å². The molecule has 1 amide bonds.